The van der Waals surface area contributed by atoms with Crippen LogP contribution in [0.5, 0.6) is 0 Å². The summed E-state index contributed by atoms with van der Waals surface area (Å²) in [4.78, 5) is 24.0. The second-order valence-electron chi connectivity index (χ2n) is 5.06. The van der Waals surface area contributed by atoms with Gasteiger partial charge in [-0.15, -0.1) is 0 Å². The molecule has 22 heavy (non-hydrogen) atoms. The van der Waals surface area contributed by atoms with Crippen LogP contribution in [0.4, 0.5) is 10.1 Å². The molecular formula is C17H17FN2O2. The maximum Gasteiger partial charge on any atom is 0.252 e. The van der Waals surface area contributed by atoms with Crippen LogP contribution in [0.15, 0.2) is 48.5 Å². The molecule has 0 spiro atoms. The summed E-state index contributed by atoms with van der Waals surface area (Å²) in [6, 6.07) is 11.9. The third kappa shape index (κ3) is 4.15. The largest absolute Gasteiger partial charge is 0.341 e. The van der Waals surface area contributed by atoms with Gasteiger partial charge in [-0.3, -0.25) is 9.59 Å². The van der Waals surface area contributed by atoms with Crippen LogP contribution in [0.3, 0.4) is 0 Å². The Morgan fingerprint density at radius 2 is 1.82 bits per heavy atom. The van der Waals surface area contributed by atoms with Gasteiger partial charge >= 0.3 is 0 Å². The normalized spacial score (nSPS) is 11.6. The number of carbonyl (C=O) groups is 2. The van der Waals surface area contributed by atoms with Crippen LogP contribution in [0.1, 0.15) is 22.8 Å². The van der Waals surface area contributed by atoms with E-state index in [0.717, 1.165) is 11.6 Å². The smallest absolute Gasteiger partial charge is 0.252 e. The second kappa shape index (κ2) is 6.85. The maximum absolute atomic E-state index is 13.1. The highest BCUT2D eigenvalue weighted by Gasteiger charge is 2.17. The topological polar surface area (TPSA) is 58.2 Å². The quantitative estimate of drug-likeness (QED) is 0.912. The molecule has 0 heterocycles. The molecule has 0 radical (unpaired) electrons. The van der Waals surface area contributed by atoms with Gasteiger partial charge in [-0.1, -0.05) is 18.2 Å². The average Bonchev–Trinajstić information content (AvgIpc) is 2.47. The van der Waals surface area contributed by atoms with E-state index in [0.29, 0.717) is 5.69 Å². The Morgan fingerprint density at radius 3 is 2.50 bits per heavy atom. The first-order valence-electron chi connectivity index (χ1n) is 6.89. The minimum absolute atomic E-state index is 0.176. The molecule has 5 heteroatoms. The molecule has 0 aliphatic carbocycles. The zero-order chi connectivity index (χ0) is 16.1. The van der Waals surface area contributed by atoms with E-state index in [1.807, 2.05) is 25.1 Å². The molecule has 0 aliphatic heterocycles. The van der Waals surface area contributed by atoms with Crippen molar-refractivity contribution in [3.8, 4) is 0 Å². The molecule has 0 fully saturated rings. The first-order chi connectivity index (χ1) is 10.5. The molecule has 2 N–H and O–H groups in total. The predicted molar refractivity (Wildman–Crippen MR) is 83.1 cm³/mol. The lowest BCUT2D eigenvalue weighted by molar-refractivity contribution is -0.117. The Balaban J connectivity index is 1.98. The summed E-state index contributed by atoms with van der Waals surface area (Å²) < 4.78 is 13.1. The van der Waals surface area contributed by atoms with E-state index < -0.39 is 17.8 Å². The monoisotopic (exact) mass is 300 g/mol. The molecule has 2 rings (SSSR count). The summed E-state index contributed by atoms with van der Waals surface area (Å²) in [5.41, 5.74) is 1.86. The van der Waals surface area contributed by atoms with E-state index in [1.165, 1.54) is 18.2 Å². The minimum Gasteiger partial charge on any atom is -0.341 e. The molecule has 0 aliphatic rings. The van der Waals surface area contributed by atoms with Crippen molar-refractivity contribution in [1.29, 1.82) is 0 Å². The van der Waals surface area contributed by atoms with E-state index in [-0.39, 0.29) is 11.5 Å². The standard InChI is InChI=1S/C17H17FN2O2/c1-11-5-3-8-15(9-11)20-16(21)12(2)19-17(22)13-6-4-7-14(18)10-13/h3-10,12H,1-2H3,(H,19,22)(H,20,21)/t12-/m1/s1. The third-order valence-electron chi connectivity index (χ3n) is 3.11. The van der Waals surface area contributed by atoms with Crippen LogP contribution in [0.2, 0.25) is 0 Å². The Hall–Kier alpha value is -2.69. The number of anilines is 1. The number of halogens is 1. The van der Waals surface area contributed by atoms with Crippen LogP contribution in [0.25, 0.3) is 0 Å². The molecule has 1 atom stereocenters. The highest BCUT2D eigenvalue weighted by atomic mass is 19.1. The summed E-state index contributed by atoms with van der Waals surface area (Å²) in [7, 11) is 0. The second-order valence-corrected chi connectivity index (χ2v) is 5.06. The minimum atomic E-state index is -0.740. The number of carbonyl (C=O) groups excluding carboxylic acids is 2. The van der Waals surface area contributed by atoms with E-state index in [9.17, 15) is 14.0 Å². The third-order valence-corrected chi connectivity index (χ3v) is 3.11. The van der Waals surface area contributed by atoms with Crippen molar-refractivity contribution in [1.82, 2.24) is 5.32 Å². The van der Waals surface area contributed by atoms with Crippen molar-refractivity contribution in [3.63, 3.8) is 0 Å². The van der Waals surface area contributed by atoms with E-state index >= 15 is 0 Å². The molecule has 2 aromatic rings. The van der Waals surface area contributed by atoms with Crippen molar-refractivity contribution in [3.05, 3.63) is 65.5 Å². The number of benzene rings is 2. The predicted octanol–water partition coefficient (Wildman–Crippen LogP) is 2.89. The number of amides is 2. The SMILES string of the molecule is Cc1cccc(NC(=O)[C@@H](C)NC(=O)c2cccc(F)c2)c1. The molecule has 114 valence electrons. The summed E-state index contributed by atoms with van der Waals surface area (Å²) in [5.74, 6) is -1.33. The fourth-order valence-electron chi connectivity index (χ4n) is 1.95. The fourth-order valence-corrected chi connectivity index (χ4v) is 1.95. The number of aryl methyl sites for hydroxylation is 1. The van der Waals surface area contributed by atoms with Crippen molar-refractivity contribution >= 4 is 17.5 Å². The van der Waals surface area contributed by atoms with Crippen LogP contribution < -0.4 is 10.6 Å². The lowest BCUT2D eigenvalue weighted by Gasteiger charge is -2.14. The van der Waals surface area contributed by atoms with Crippen molar-refractivity contribution in [2.75, 3.05) is 5.32 Å². The van der Waals surface area contributed by atoms with Crippen molar-refractivity contribution in [2.24, 2.45) is 0 Å². The molecule has 2 amide bonds. The van der Waals surface area contributed by atoms with Crippen molar-refractivity contribution in [2.45, 2.75) is 19.9 Å². The van der Waals surface area contributed by atoms with E-state index in [2.05, 4.69) is 10.6 Å². The van der Waals surface area contributed by atoms with Gasteiger partial charge in [0.05, 0.1) is 0 Å². The summed E-state index contributed by atoms with van der Waals surface area (Å²) in [6.07, 6.45) is 0. The Bertz CT molecular complexity index is 701. The van der Waals surface area contributed by atoms with Gasteiger partial charge < -0.3 is 10.6 Å². The molecule has 0 aromatic heterocycles. The van der Waals surface area contributed by atoms with Crippen LogP contribution >= 0.6 is 0 Å². The van der Waals surface area contributed by atoms with Gasteiger partial charge in [-0.25, -0.2) is 4.39 Å². The number of rotatable bonds is 4. The number of hydrogen-bond acceptors (Lipinski definition) is 2. The van der Waals surface area contributed by atoms with E-state index in [4.69, 9.17) is 0 Å². The zero-order valence-electron chi connectivity index (χ0n) is 12.4. The van der Waals surface area contributed by atoms with Crippen molar-refractivity contribution < 1.29 is 14.0 Å². The average molecular weight is 300 g/mol. The number of nitrogens with one attached hydrogen (secondary N) is 2. The van der Waals surface area contributed by atoms with Crippen LogP contribution in [0, 0.1) is 12.7 Å². The fraction of sp³-hybridized carbons (Fsp3) is 0.176. The lowest BCUT2D eigenvalue weighted by atomic mass is 10.2. The molecule has 4 nitrogen and oxygen atoms in total. The maximum atomic E-state index is 13.1. The highest BCUT2D eigenvalue weighted by molar-refractivity contribution is 6.00. The molecule has 0 saturated carbocycles. The van der Waals surface area contributed by atoms with Gasteiger partial charge in [0.25, 0.3) is 5.91 Å². The van der Waals surface area contributed by atoms with Crippen LogP contribution in [-0.2, 0) is 4.79 Å². The summed E-state index contributed by atoms with van der Waals surface area (Å²) >= 11 is 0. The Labute approximate surface area is 128 Å². The molecule has 0 saturated heterocycles. The zero-order valence-corrected chi connectivity index (χ0v) is 12.4. The molecule has 0 bridgehead atoms. The van der Waals surface area contributed by atoms with Gasteiger partial charge in [0.15, 0.2) is 0 Å². The number of hydrogen-bond donors (Lipinski definition) is 2. The van der Waals surface area contributed by atoms with Gasteiger partial charge in [0.2, 0.25) is 5.91 Å². The lowest BCUT2D eigenvalue weighted by Crippen LogP contribution is -2.41. The summed E-state index contributed by atoms with van der Waals surface area (Å²) in [6.45, 7) is 3.49. The van der Waals surface area contributed by atoms with Crippen LogP contribution in [-0.4, -0.2) is 17.9 Å². The van der Waals surface area contributed by atoms with Gasteiger partial charge in [0, 0.05) is 11.3 Å². The van der Waals surface area contributed by atoms with Gasteiger partial charge in [0.1, 0.15) is 11.9 Å². The molecular weight excluding hydrogens is 283 g/mol. The van der Waals surface area contributed by atoms with E-state index in [1.54, 1.807) is 13.0 Å². The highest BCUT2D eigenvalue weighted by Crippen LogP contribution is 2.10. The molecule has 2 aromatic carbocycles. The van der Waals surface area contributed by atoms with Gasteiger partial charge in [-0.2, -0.15) is 0 Å². The first-order valence-corrected chi connectivity index (χ1v) is 6.89. The first kappa shape index (κ1) is 15.7. The summed E-state index contributed by atoms with van der Waals surface area (Å²) in [5, 5.41) is 5.26. The Morgan fingerprint density at radius 1 is 1.09 bits per heavy atom. The molecule has 0 unspecified atom stereocenters. The Kier molecular flexibility index (Phi) is 4.88. The van der Waals surface area contributed by atoms with Gasteiger partial charge in [-0.05, 0) is 49.7 Å².